The van der Waals surface area contributed by atoms with Crippen LogP contribution in [-0.4, -0.2) is 18.2 Å². The molecule has 142 valence electrons. The van der Waals surface area contributed by atoms with E-state index >= 15 is 0 Å². The molecule has 0 heterocycles. The number of aliphatic carboxylic acids is 1. The number of carboxylic acid groups (broad SMARTS) is 1. The van der Waals surface area contributed by atoms with Crippen molar-refractivity contribution >= 4 is 11.5 Å². The molecule has 0 atom stereocenters. The molecule has 0 aromatic heterocycles. The Morgan fingerprint density at radius 1 is 0.893 bits per heavy atom. The summed E-state index contributed by atoms with van der Waals surface area (Å²) in [4.78, 5) is 11.5. The van der Waals surface area contributed by atoms with E-state index in [2.05, 4.69) is 0 Å². The standard InChI is InChI=1S/C22H17FO5/c1-26-14-20(22(24)25)19-7-2-3-8-21(19)28-18-6-4-5-17(13-18)27-16-11-9-15(23)10-12-16/h2-14H,1H3,(H,24,25)/b20-14+. The summed E-state index contributed by atoms with van der Waals surface area (Å²) in [5, 5.41) is 9.43. The molecule has 0 aliphatic rings. The molecule has 0 bridgehead atoms. The smallest absolute Gasteiger partial charge is 0.339 e. The summed E-state index contributed by atoms with van der Waals surface area (Å²) in [6, 6.07) is 19.2. The van der Waals surface area contributed by atoms with Gasteiger partial charge in [-0.3, -0.25) is 0 Å². The van der Waals surface area contributed by atoms with Gasteiger partial charge in [0.15, 0.2) is 0 Å². The summed E-state index contributed by atoms with van der Waals surface area (Å²) >= 11 is 0. The summed E-state index contributed by atoms with van der Waals surface area (Å²) in [6.45, 7) is 0. The van der Waals surface area contributed by atoms with Crippen molar-refractivity contribution in [2.24, 2.45) is 0 Å². The maximum absolute atomic E-state index is 13.0. The van der Waals surface area contributed by atoms with E-state index in [1.165, 1.54) is 31.4 Å². The van der Waals surface area contributed by atoms with Crippen LogP contribution in [0.2, 0.25) is 0 Å². The number of hydrogen-bond donors (Lipinski definition) is 1. The van der Waals surface area contributed by atoms with Gasteiger partial charge in [-0.15, -0.1) is 0 Å². The molecule has 0 saturated heterocycles. The van der Waals surface area contributed by atoms with Gasteiger partial charge in [0.25, 0.3) is 0 Å². The first-order valence-electron chi connectivity index (χ1n) is 8.34. The zero-order valence-corrected chi connectivity index (χ0v) is 15.0. The number of benzene rings is 3. The first-order chi connectivity index (χ1) is 13.6. The van der Waals surface area contributed by atoms with Crippen LogP contribution in [0.5, 0.6) is 23.0 Å². The number of carbonyl (C=O) groups is 1. The van der Waals surface area contributed by atoms with Crippen LogP contribution >= 0.6 is 0 Å². The van der Waals surface area contributed by atoms with Crippen molar-refractivity contribution in [2.75, 3.05) is 7.11 Å². The van der Waals surface area contributed by atoms with Gasteiger partial charge in [-0.1, -0.05) is 24.3 Å². The lowest BCUT2D eigenvalue weighted by atomic mass is 10.1. The van der Waals surface area contributed by atoms with Gasteiger partial charge in [0.05, 0.1) is 13.4 Å². The molecule has 3 aromatic carbocycles. The fourth-order valence-electron chi connectivity index (χ4n) is 2.49. The van der Waals surface area contributed by atoms with E-state index in [0.717, 1.165) is 6.26 Å². The number of para-hydroxylation sites is 1. The van der Waals surface area contributed by atoms with E-state index in [0.29, 0.717) is 28.6 Å². The van der Waals surface area contributed by atoms with Crippen molar-refractivity contribution in [1.82, 2.24) is 0 Å². The molecular weight excluding hydrogens is 363 g/mol. The third-order valence-corrected chi connectivity index (χ3v) is 3.73. The van der Waals surface area contributed by atoms with E-state index in [4.69, 9.17) is 14.2 Å². The highest BCUT2D eigenvalue weighted by atomic mass is 19.1. The van der Waals surface area contributed by atoms with Crippen molar-refractivity contribution in [3.8, 4) is 23.0 Å². The molecule has 0 unspecified atom stereocenters. The Morgan fingerprint density at radius 3 is 2.25 bits per heavy atom. The van der Waals surface area contributed by atoms with Crippen molar-refractivity contribution in [2.45, 2.75) is 0 Å². The minimum absolute atomic E-state index is 0.0307. The largest absolute Gasteiger partial charge is 0.503 e. The van der Waals surface area contributed by atoms with Gasteiger partial charge < -0.3 is 19.3 Å². The molecular formula is C22H17FO5. The van der Waals surface area contributed by atoms with Crippen molar-refractivity contribution < 1.29 is 28.5 Å². The van der Waals surface area contributed by atoms with Crippen molar-refractivity contribution in [3.05, 3.63) is 90.4 Å². The van der Waals surface area contributed by atoms with E-state index in [1.807, 2.05) is 0 Å². The Kier molecular flexibility index (Phi) is 5.91. The SMILES string of the molecule is CO/C=C(/C(=O)O)c1ccccc1Oc1cccc(Oc2ccc(F)cc2)c1. The van der Waals surface area contributed by atoms with Gasteiger partial charge in [-0.2, -0.15) is 0 Å². The van der Waals surface area contributed by atoms with Crippen LogP contribution < -0.4 is 9.47 Å². The van der Waals surface area contributed by atoms with Crippen LogP contribution in [0.4, 0.5) is 4.39 Å². The van der Waals surface area contributed by atoms with E-state index < -0.39 is 5.97 Å². The highest BCUT2D eigenvalue weighted by Gasteiger charge is 2.16. The second-order valence-corrected chi connectivity index (χ2v) is 5.70. The monoisotopic (exact) mass is 380 g/mol. The Balaban J connectivity index is 1.86. The van der Waals surface area contributed by atoms with Gasteiger partial charge in [-0.05, 0) is 42.5 Å². The normalized spacial score (nSPS) is 11.0. The van der Waals surface area contributed by atoms with Crippen molar-refractivity contribution in [3.63, 3.8) is 0 Å². The van der Waals surface area contributed by atoms with E-state index in [1.54, 1.807) is 48.5 Å². The Labute approximate surface area is 161 Å². The second kappa shape index (κ2) is 8.73. The molecule has 5 nitrogen and oxygen atoms in total. The van der Waals surface area contributed by atoms with Crippen molar-refractivity contribution in [1.29, 1.82) is 0 Å². The molecule has 0 spiro atoms. The third-order valence-electron chi connectivity index (χ3n) is 3.73. The van der Waals surface area contributed by atoms with Gasteiger partial charge in [0.1, 0.15) is 34.4 Å². The average molecular weight is 380 g/mol. The quantitative estimate of drug-likeness (QED) is 0.434. The molecule has 1 N–H and O–H groups in total. The third kappa shape index (κ3) is 4.67. The van der Waals surface area contributed by atoms with Gasteiger partial charge in [-0.25, -0.2) is 9.18 Å². The first kappa shape index (κ1) is 19.0. The molecule has 0 saturated carbocycles. The highest BCUT2D eigenvalue weighted by Crippen LogP contribution is 2.33. The minimum atomic E-state index is -1.13. The maximum Gasteiger partial charge on any atom is 0.339 e. The molecule has 0 radical (unpaired) electrons. The topological polar surface area (TPSA) is 65.0 Å². The van der Waals surface area contributed by atoms with Crippen LogP contribution in [0.25, 0.3) is 5.57 Å². The number of hydrogen-bond acceptors (Lipinski definition) is 4. The Bertz CT molecular complexity index is 996. The summed E-state index contributed by atoms with van der Waals surface area (Å²) in [6.07, 6.45) is 1.15. The minimum Gasteiger partial charge on any atom is -0.503 e. The number of methoxy groups -OCH3 is 1. The Morgan fingerprint density at radius 2 is 1.57 bits per heavy atom. The zero-order valence-electron chi connectivity index (χ0n) is 15.0. The number of ether oxygens (including phenoxy) is 3. The zero-order chi connectivity index (χ0) is 19.9. The predicted molar refractivity (Wildman–Crippen MR) is 102 cm³/mol. The molecule has 0 aliphatic heterocycles. The summed E-state index contributed by atoms with van der Waals surface area (Å²) in [5.74, 6) is 0.301. The van der Waals surface area contributed by atoms with Crippen LogP contribution in [0.3, 0.4) is 0 Å². The number of rotatable bonds is 7. The summed E-state index contributed by atoms with van der Waals surface area (Å²) < 4.78 is 29.5. The van der Waals surface area contributed by atoms with Crippen LogP contribution in [0.15, 0.2) is 79.1 Å². The highest BCUT2D eigenvalue weighted by molar-refractivity contribution is 6.15. The number of carboxylic acids is 1. The van der Waals surface area contributed by atoms with Crippen LogP contribution in [0, 0.1) is 5.82 Å². The molecule has 0 fully saturated rings. The molecule has 3 aromatic rings. The molecule has 6 heteroatoms. The van der Waals surface area contributed by atoms with Gasteiger partial charge >= 0.3 is 5.97 Å². The van der Waals surface area contributed by atoms with Gasteiger partial charge in [0.2, 0.25) is 0 Å². The molecule has 0 aliphatic carbocycles. The lowest BCUT2D eigenvalue weighted by molar-refractivity contribution is -0.130. The second-order valence-electron chi connectivity index (χ2n) is 5.70. The lowest BCUT2D eigenvalue weighted by Crippen LogP contribution is -2.02. The fourth-order valence-corrected chi connectivity index (χ4v) is 2.49. The first-order valence-corrected chi connectivity index (χ1v) is 8.34. The molecule has 3 rings (SSSR count). The van der Waals surface area contributed by atoms with Crippen LogP contribution in [-0.2, 0) is 9.53 Å². The average Bonchev–Trinajstić information content (AvgIpc) is 2.69. The predicted octanol–water partition coefficient (Wildman–Crippen LogP) is 5.48. The fraction of sp³-hybridized carbons (Fsp3) is 0.0455. The molecule has 0 amide bonds. The van der Waals surface area contributed by atoms with E-state index in [9.17, 15) is 14.3 Å². The Hall–Kier alpha value is -3.80. The van der Waals surface area contributed by atoms with Crippen LogP contribution in [0.1, 0.15) is 5.56 Å². The van der Waals surface area contributed by atoms with E-state index in [-0.39, 0.29) is 11.4 Å². The maximum atomic E-state index is 13.0. The lowest BCUT2D eigenvalue weighted by Gasteiger charge is -2.13. The molecule has 28 heavy (non-hydrogen) atoms. The number of halogens is 1. The summed E-state index contributed by atoms with van der Waals surface area (Å²) in [5.41, 5.74) is 0.346. The summed E-state index contributed by atoms with van der Waals surface area (Å²) in [7, 11) is 1.38. The van der Waals surface area contributed by atoms with Gasteiger partial charge in [0, 0.05) is 11.6 Å².